The van der Waals surface area contributed by atoms with E-state index in [2.05, 4.69) is 20.3 Å². The molecule has 1 aromatic carbocycles. The third kappa shape index (κ3) is 4.90. The minimum Gasteiger partial charge on any atom is -0.442 e. The number of β-amino-alcohol motifs (C(OH)–C–C–N with tert-alkyl or cyclic N) is 1. The first-order valence-corrected chi connectivity index (χ1v) is 11.7. The second kappa shape index (κ2) is 9.78. The first-order chi connectivity index (χ1) is 18.1. The number of hydrogen-bond donors (Lipinski definition) is 2. The molecule has 0 radical (unpaired) electrons. The van der Waals surface area contributed by atoms with Gasteiger partial charge < -0.3 is 14.4 Å². The van der Waals surface area contributed by atoms with Gasteiger partial charge in [0.1, 0.15) is 11.5 Å². The number of nitrogens with one attached hydrogen (secondary N) is 1. The highest BCUT2D eigenvalue weighted by molar-refractivity contribution is 6.03. The van der Waals surface area contributed by atoms with Crippen molar-refractivity contribution < 1.29 is 27.5 Å². The summed E-state index contributed by atoms with van der Waals surface area (Å²) in [7, 11) is 1.74. The molecule has 0 aliphatic carbocycles. The van der Waals surface area contributed by atoms with Crippen molar-refractivity contribution in [1.82, 2.24) is 15.0 Å². The number of aliphatic hydroxyl groups excluding tert-OH is 1. The maximum atomic E-state index is 13.6. The SMILES string of the molecule is C[C@@H]1[C@H](O)CN(C)c2ccc(-c3cccc(C(F)(F)F)c3)nc2N1C(=O)Nc1cccc(-c2cnco2)n1. The molecule has 1 aliphatic rings. The molecule has 0 spiro atoms. The van der Waals surface area contributed by atoms with Crippen LogP contribution in [0.3, 0.4) is 0 Å². The van der Waals surface area contributed by atoms with Crippen LogP contribution in [0.2, 0.25) is 0 Å². The summed E-state index contributed by atoms with van der Waals surface area (Å²) in [4.78, 5) is 29.5. The van der Waals surface area contributed by atoms with E-state index in [1.165, 1.54) is 29.6 Å². The summed E-state index contributed by atoms with van der Waals surface area (Å²) in [6.45, 7) is 1.88. The second-order valence-electron chi connectivity index (χ2n) is 8.88. The normalized spacial score (nSPS) is 17.6. The molecular weight excluding hydrogens is 501 g/mol. The number of hydrogen-bond acceptors (Lipinski definition) is 7. The van der Waals surface area contributed by atoms with Crippen LogP contribution < -0.4 is 15.1 Å². The van der Waals surface area contributed by atoms with E-state index in [0.29, 0.717) is 17.1 Å². The highest BCUT2D eigenvalue weighted by Crippen LogP contribution is 2.37. The van der Waals surface area contributed by atoms with E-state index in [1.54, 1.807) is 49.2 Å². The minimum atomic E-state index is -4.51. The molecule has 196 valence electrons. The number of rotatable bonds is 3. The molecule has 2 N–H and O–H groups in total. The quantitative estimate of drug-likeness (QED) is 0.386. The third-order valence-corrected chi connectivity index (χ3v) is 6.29. The molecule has 1 aliphatic heterocycles. The number of aliphatic hydroxyl groups is 1. The molecule has 9 nitrogen and oxygen atoms in total. The number of carbonyl (C=O) groups excluding carboxylic acids is 1. The van der Waals surface area contributed by atoms with Gasteiger partial charge in [0.05, 0.1) is 35.3 Å². The van der Waals surface area contributed by atoms with Gasteiger partial charge in [-0.1, -0.05) is 18.2 Å². The van der Waals surface area contributed by atoms with Crippen molar-refractivity contribution in [1.29, 1.82) is 0 Å². The van der Waals surface area contributed by atoms with Crippen LogP contribution in [0.4, 0.5) is 35.3 Å². The van der Waals surface area contributed by atoms with E-state index in [4.69, 9.17) is 4.42 Å². The Balaban J connectivity index is 1.54. The smallest absolute Gasteiger partial charge is 0.416 e. The molecule has 5 rings (SSSR count). The summed E-state index contributed by atoms with van der Waals surface area (Å²) in [6.07, 6.45) is -2.69. The molecule has 4 aromatic rings. The molecule has 0 bridgehead atoms. The molecule has 3 aromatic heterocycles. The van der Waals surface area contributed by atoms with Gasteiger partial charge in [0, 0.05) is 19.2 Å². The van der Waals surface area contributed by atoms with Crippen LogP contribution in [0, 0.1) is 0 Å². The number of amides is 2. The summed E-state index contributed by atoms with van der Waals surface area (Å²) in [5.74, 6) is 0.827. The number of carbonyl (C=O) groups is 1. The zero-order valence-corrected chi connectivity index (χ0v) is 20.3. The Labute approximate surface area is 215 Å². The molecule has 0 fully saturated rings. The summed E-state index contributed by atoms with van der Waals surface area (Å²) < 4.78 is 45.2. The topological polar surface area (TPSA) is 108 Å². The lowest BCUT2D eigenvalue weighted by molar-refractivity contribution is -0.137. The molecular formula is C26H23F3N6O3. The highest BCUT2D eigenvalue weighted by atomic mass is 19.4. The van der Waals surface area contributed by atoms with Crippen LogP contribution in [0.1, 0.15) is 12.5 Å². The van der Waals surface area contributed by atoms with Crippen molar-refractivity contribution >= 4 is 23.4 Å². The lowest BCUT2D eigenvalue weighted by Crippen LogP contribution is -2.48. The van der Waals surface area contributed by atoms with Crippen molar-refractivity contribution in [2.75, 3.05) is 28.7 Å². The fourth-order valence-electron chi connectivity index (χ4n) is 4.26. The number of urea groups is 1. The number of likely N-dealkylation sites (N-methyl/N-ethyl adjacent to an activating group) is 1. The minimum absolute atomic E-state index is 0.190. The maximum absolute atomic E-state index is 13.6. The number of nitrogens with zero attached hydrogens (tertiary/aromatic N) is 5. The average Bonchev–Trinajstić information content (AvgIpc) is 3.41. The fraction of sp³-hybridized carbons (Fsp3) is 0.231. The number of aromatic nitrogens is 3. The Bertz CT molecular complexity index is 1460. The summed E-state index contributed by atoms with van der Waals surface area (Å²) in [5.41, 5.74) is 0.663. The summed E-state index contributed by atoms with van der Waals surface area (Å²) in [5, 5.41) is 13.5. The Morgan fingerprint density at radius 2 is 1.89 bits per heavy atom. The number of halogens is 3. The van der Waals surface area contributed by atoms with Crippen LogP contribution in [-0.4, -0.2) is 51.8 Å². The van der Waals surface area contributed by atoms with Gasteiger partial charge in [0.25, 0.3) is 0 Å². The van der Waals surface area contributed by atoms with Crippen molar-refractivity contribution in [3.05, 3.63) is 72.8 Å². The number of oxazole rings is 1. The third-order valence-electron chi connectivity index (χ3n) is 6.29. The van der Waals surface area contributed by atoms with Crippen LogP contribution >= 0.6 is 0 Å². The highest BCUT2D eigenvalue weighted by Gasteiger charge is 2.36. The van der Waals surface area contributed by atoms with Crippen molar-refractivity contribution in [3.63, 3.8) is 0 Å². The van der Waals surface area contributed by atoms with Crippen molar-refractivity contribution in [3.8, 4) is 22.7 Å². The largest absolute Gasteiger partial charge is 0.442 e. The Morgan fingerprint density at radius 3 is 2.63 bits per heavy atom. The van der Waals surface area contributed by atoms with E-state index in [0.717, 1.165) is 12.1 Å². The Kier molecular flexibility index (Phi) is 6.49. The zero-order chi connectivity index (χ0) is 27.0. The first-order valence-electron chi connectivity index (χ1n) is 11.7. The first kappa shape index (κ1) is 25.2. The Hall–Kier alpha value is -4.45. The molecule has 2 amide bonds. The standard InChI is InChI=1S/C26H23F3N6O3/c1-15-21(36)13-34(2)20-10-9-18(16-5-3-6-17(11-16)26(27,28)29)32-24(20)35(15)25(37)33-23-8-4-7-19(31-23)22-12-30-14-38-22/h3-12,14-15,21,36H,13H2,1-2H3,(H,31,33,37)/t15-,21-/m1/s1. The van der Waals surface area contributed by atoms with Crippen LogP contribution in [0.25, 0.3) is 22.7 Å². The van der Waals surface area contributed by atoms with E-state index >= 15 is 0 Å². The molecule has 0 unspecified atom stereocenters. The molecule has 0 saturated heterocycles. The lowest BCUT2D eigenvalue weighted by atomic mass is 10.1. The molecule has 4 heterocycles. The van der Waals surface area contributed by atoms with Crippen LogP contribution in [0.15, 0.2) is 71.6 Å². The van der Waals surface area contributed by atoms with Crippen LogP contribution in [-0.2, 0) is 6.18 Å². The fourth-order valence-corrected chi connectivity index (χ4v) is 4.26. The monoisotopic (exact) mass is 524 g/mol. The van der Waals surface area contributed by atoms with Gasteiger partial charge in [-0.2, -0.15) is 13.2 Å². The molecule has 38 heavy (non-hydrogen) atoms. The van der Waals surface area contributed by atoms with Gasteiger partial charge in [-0.15, -0.1) is 0 Å². The maximum Gasteiger partial charge on any atom is 0.416 e. The van der Waals surface area contributed by atoms with Gasteiger partial charge >= 0.3 is 12.2 Å². The molecule has 2 atom stereocenters. The van der Waals surface area contributed by atoms with E-state index in [1.807, 2.05) is 0 Å². The van der Waals surface area contributed by atoms with Crippen LogP contribution in [0.5, 0.6) is 0 Å². The van der Waals surface area contributed by atoms with Gasteiger partial charge in [-0.25, -0.2) is 19.7 Å². The lowest BCUT2D eigenvalue weighted by Gasteiger charge is -2.29. The van der Waals surface area contributed by atoms with Gasteiger partial charge in [0.2, 0.25) is 0 Å². The van der Waals surface area contributed by atoms with E-state index in [-0.39, 0.29) is 29.4 Å². The number of alkyl halides is 3. The predicted molar refractivity (Wildman–Crippen MR) is 135 cm³/mol. The number of fused-ring (bicyclic) bond motifs is 1. The zero-order valence-electron chi connectivity index (χ0n) is 20.3. The number of anilines is 3. The number of benzene rings is 1. The van der Waals surface area contributed by atoms with Gasteiger partial charge in [-0.3, -0.25) is 10.2 Å². The average molecular weight is 525 g/mol. The molecule has 12 heteroatoms. The summed E-state index contributed by atoms with van der Waals surface area (Å²) in [6, 6.07) is 11.7. The van der Waals surface area contributed by atoms with Crippen molar-refractivity contribution in [2.24, 2.45) is 0 Å². The predicted octanol–water partition coefficient (Wildman–Crippen LogP) is 5.06. The van der Waals surface area contributed by atoms with E-state index in [9.17, 15) is 23.1 Å². The molecule has 0 saturated carbocycles. The van der Waals surface area contributed by atoms with Gasteiger partial charge in [0.15, 0.2) is 18.0 Å². The van der Waals surface area contributed by atoms with Crippen molar-refractivity contribution in [2.45, 2.75) is 25.2 Å². The summed E-state index contributed by atoms with van der Waals surface area (Å²) >= 11 is 0. The second-order valence-corrected chi connectivity index (χ2v) is 8.88. The van der Waals surface area contributed by atoms with E-state index < -0.39 is 29.9 Å². The number of pyridine rings is 2. The Morgan fingerprint density at radius 1 is 1.11 bits per heavy atom. The van der Waals surface area contributed by atoms with Gasteiger partial charge in [-0.05, 0) is 43.3 Å².